The van der Waals surface area contributed by atoms with E-state index >= 15 is 0 Å². The predicted octanol–water partition coefficient (Wildman–Crippen LogP) is 3.70. The summed E-state index contributed by atoms with van der Waals surface area (Å²) in [5.74, 6) is 0.810. The minimum Gasteiger partial charge on any atom is -0.360 e. The maximum Gasteiger partial charge on any atom is 0.263 e. The molecule has 0 spiro atoms. The molecule has 0 saturated carbocycles. The zero-order valence-electron chi connectivity index (χ0n) is 18.9. The van der Waals surface area contributed by atoms with E-state index in [0.29, 0.717) is 23.3 Å². The normalized spacial score (nSPS) is 14.7. The second-order valence-corrected chi connectivity index (χ2v) is 10.9. The highest BCUT2D eigenvalue weighted by Crippen LogP contribution is 2.35. The Morgan fingerprint density at radius 3 is 2.88 bits per heavy atom. The van der Waals surface area contributed by atoms with E-state index in [1.165, 1.54) is 22.2 Å². The Labute approximate surface area is 195 Å². The highest BCUT2D eigenvalue weighted by atomic mass is 32.2. The van der Waals surface area contributed by atoms with Gasteiger partial charge in [-0.2, -0.15) is 0 Å². The molecule has 3 aromatic rings. The van der Waals surface area contributed by atoms with Crippen molar-refractivity contribution in [3.8, 4) is 0 Å². The van der Waals surface area contributed by atoms with Gasteiger partial charge >= 0.3 is 0 Å². The van der Waals surface area contributed by atoms with Crippen LogP contribution in [0.5, 0.6) is 0 Å². The molecule has 0 bridgehead atoms. The van der Waals surface area contributed by atoms with Crippen molar-refractivity contribution in [1.29, 1.82) is 0 Å². The maximum absolute atomic E-state index is 13.6. The number of aromatic nitrogens is 3. The van der Waals surface area contributed by atoms with Gasteiger partial charge in [0.05, 0.1) is 10.6 Å². The van der Waals surface area contributed by atoms with Gasteiger partial charge in [0.15, 0.2) is 11.0 Å². The molecule has 1 aliphatic carbocycles. The van der Waals surface area contributed by atoms with Crippen molar-refractivity contribution >= 4 is 45.0 Å². The molecule has 0 saturated heterocycles. The Hall–Kier alpha value is -2.17. The quantitative estimate of drug-likeness (QED) is 0.392. The number of thioether (sulfide) groups is 1. The SMILES string of the molecule is Cc1cc(NC(=O)C(C)Sc2nc3sc4c(c3c(=O)n2CCCN(C)C)CCCC4)no1. The summed E-state index contributed by atoms with van der Waals surface area (Å²) in [6.45, 7) is 5.03. The molecule has 1 aliphatic rings. The Bertz CT molecular complexity index is 1180. The second-order valence-electron chi connectivity index (χ2n) is 8.47. The first-order chi connectivity index (χ1) is 15.3. The molecule has 1 N–H and O–H groups in total. The molecule has 0 aliphatic heterocycles. The van der Waals surface area contributed by atoms with Crippen molar-refractivity contribution in [1.82, 2.24) is 19.6 Å². The van der Waals surface area contributed by atoms with Gasteiger partial charge in [-0.3, -0.25) is 14.2 Å². The first-order valence-corrected chi connectivity index (χ1v) is 12.6. The van der Waals surface area contributed by atoms with Gasteiger partial charge in [0.2, 0.25) is 5.91 Å². The molecule has 4 rings (SSSR count). The van der Waals surface area contributed by atoms with Gasteiger partial charge in [-0.15, -0.1) is 11.3 Å². The molecule has 0 fully saturated rings. The summed E-state index contributed by atoms with van der Waals surface area (Å²) in [5, 5.41) is 7.52. The Morgan fingerprint density at radius 2 is 2.16 bits per heavy atom. The number of aryl methyl sites for hydroxylation is 3. The molecule has 0 radical (unpaired) electrons. The molecule has 3 heterocycles. The van der Waals surface area contributed by atoms with Crippen LogP contribution in [0.2, 0.25) is 0 Å². The van der Waals surface area contributed by atoms with E-state index in [-0.39, 0.29) is 11.5 Å². The number of carbonyl (C=O) groups excluding carboxylic acids is 1. The lowest BCUT2D eigenvalue weighted by molar-refractivity contribution is -0.115. The Balaban J connectivity index is 1.64. The summed E-state index contributed by atoms with van der Waals surface area (Å²) in [4.78, 5) is 35.4. The van der Waals surface area contributed by atoms with Crippen LogP contribution in [-0.4, -0.2) is 51.4 Å². The highest BCUT2D eigenvalue weighted by Gasteiger charge is 2.24. The fourth-order valence-corrected chi connectivity index (χ4v) is 6.15. The number of hydrogen-bond donors (Lipinski definition) is 1. The molecule has 32 heavy (non-hydrogen) atoms. The molecular formula is C22H29N5O3S2. The summed E-state index contributed by atoms with van der Waals surface area (Å²) in [5.41, 5.74) is 1.22. The fraction of sp³-hybridized carbons (Fsp3) is 0.545. The number of nitrogens with zero attached hydrogens (tertiary/aromatic N) is 4. The first kappa shape index (κ1) is 23.0. The Morgan fingerprint density at radius 1 is 1.38 bits per heavy atom. The zero-order chi connectivity index (χ0) is 22.8. The molecule has 10 heteroatoms. The van der Waals surface area contributed by atoms with Gasteiger partial charge in [-0.05, 0) is 72.2 Å². The third kappa shape index (κ3) is 4.92. The van der Waals surface area contributed by atoms with E-state index in [1.54, 1.807) is 28.9 Å². The standard InChI is InChI=1S/C22H29N5O3S2/c1-13-12-17(25-30-13)23-19(28)14(2)31-22-24-20-18(15-8-5-6-9-16(15)32-20)21(29)27(22)11-7-10-26(3)4/h12,14H,5-11H2,1-4H3,(H,23,25,28). The third-order valence-corrected chi connectivity index (χ3v) is 7.83. The second kappa shape index (κ2) is 9.76. The summed E-state index contributed by atoms with van der Waals surface area (Å²) in [6, 6.07) is 1.67. The van der Waals surface area contributed by atoms with E-state index in [1.807, 2.05) is 21.0 Å². The van der Waals surface area contributed by atoms with Gasteiger partial charge in [0, 0.05) is 17.5 Å². The first-order valence-electron chi connectivity index (χ1n) is 10.9. The average Bonchev–Trinajstić information content (AvgIpc) is 3.32. The molecule has 3 aromatic heterocycles. The molecule has 1 atom stereocenters. The summed E-state index contributed by atoms with van der Waals surface area (Å²) >= 11 is 2.95. The van der Waals surface area contributed by atoms with Gasteiger partial charge in [0.1, 0.15) is 10.6 Å². The topological polar surface area (TPSA) is 93.3 Å². The predicted molar refractivity (Wildman–Crippen MR) is 129 cm³/mol. The number of anilines is 1. The molecule has 8 nitrogen and oxygen atoms in total. The van der Waals surface area contributed by atoms with E-state index in [4.69, 9.17) is 9.51 Å². The van der Waals surface area contributed by atoms with Crippen LogP contribution in [-0.2, 0) is 24.2 Å². The third-order valence-electron chi connectivity index (χ3n) is 5.56. The lowest BCUT2D eigenvalue weighted by atomic mass is 9.97. The van der Waals surface area contributed by atoms with Gasteiger partial charge in [0.25, 0.3) is 5.56 Å². The van der Waals surface area contributed by atoms with Crippen molar-refractivity contribution in [2.45, 2.75) is 62.9 Å². The number of carbonyl (C=O) groups is 1. The minimum absolute atomic E-state index is 0.0235. The van der Waals surface area contributed by atoms with Crippen LogP contribution in [0.1, 0.15) is 42.4 Å². The van der Waals surface area contributed by atoms with E-state index in [9.17, 15) is 9.59 Å². The lowest BCUT2D eigenvalue weighted by Gasteiger charge is -2.17. The van der Waals surface area contributed by atoms with E-state index in [0.717, 1.165) is 48.9 Å². The molecule has 0 aromatic carbocycles. The van der Waals surface area contributed by atoms with Crippen molar-refractivity contribution in [2.75, 3.05) is 26.0 Å². The maximum atomic E-state index is 13.6. The highest BCUT2D eigenvalue weighted by molar-refractivity contribution is 8.00. The number of rotatable bonds is 8. The van der Waals surface area contributed by atoms with Crippen LogP contribution in [0.3, 0.4) is 0 Å². The Kier molecular flexibility index (Phi) is 7.02. The summed E-state index contributed by atoms with van der Waals surface area (Å²) in [7, 11) is 4.04. The molecule has 1 unspecified atom stereocenters. The van der Waals surface area contributed by atoms with Gasteiger partial charge < -0.3 is 14.7 Å². The number of nitrogens with one attached hydrogen (secondary N) is 1. The van der Waals surface area contributed by atoms with Gasteiger partial charge in [-0.25, -0.2) is 4.98 Å². The number of fused-ring (bicyclic) bond motifs is 3. The van der Waals surface area contributed by atoms with Crippen LogP contribution in [0.25, 0.3) is 10.2 Å². The van der Waals surface area contributed by atoms with Crippen molar-refractivity contribution in [3.05, 3.63) is 32.6 Å². The number of hydrogen-bond acceptors (Lipinski definition) is 8. The van der Waals surface area contributed by atoms with Crippen LogP contribution < -0.4 is 10.9 Å². The van der Waals surface area contributed by atoms with Crippen LogP contribution >= 0.6 is 23.1 Å². The fourth-order valence-electron chi connectivity index (χ4n) is 3.92. The minimum atomic E-state index is -0.453. The lowest BCUT2D eigenvalue weighted by Crippen LogP contribution is -2.28. The van der Waals surface area contributed by atoms with Crippen molar-refractivity contribution in [3.63, 3.8) is 0 Å². The van der Waals surface area contributed by atoms with Crippen LogP contribution in [0.15, 0.2) is 20.5 Å². The number of thiophene rings is 1. The summed E-state index contributed by atoms with van der Waals surface area (Å²) in [6.07, 6.45) is 5.09. The zero-order valence-corrected chi connectivity index (χ0v) is 20.6. The van der Waals surface area contributed by atoms with Crippen LogP contribution in [0.4, 0.5) is 5.82 Å². The number of amides is 1. The largest absolute Gasteiger partial charge is 0.360 e. The van der Waals surface area contributed by atoms with Crippen molar-refractivity contribution in [2.24, 2.45) is 0 Å². The van der Waals surface area contributed by atoms with Crippen molar-refractivity contribution < 1.29 is 9.32 Å². The summed E-state index contributed by atoms with van der Waals surface area (Å²) < 4.78 is 6.78. The van der Waals surface area contributed by atoms with E-state index < -0.39 is 5.25 Å². The molecule has 1 amide bonds. The van der Waals surface area contributed by atoms with E-state index in [2.05, 4.69) is 15.4 Å². The average molecular weight is 476 g/mol. The van der Waals surface area contributed by atoms with Gasteiger partial charge in [-0.1, -0.05) is 16.9 Å². The smallest absolute Gasteiger partial charge is 0.263 e. The van der Waals surface area contributed by atoms with Crippen LogP contribution in [0, 0.1) is 6.92 Å². The molecule has 172 valence electrons. The monoisotopic (exact) mass is 475 g/mol. The molecular weight excluding hydrogens is 446 g/mol.